The van der Waals surface area contributed by atoms with Crippen LogP contribution < -0.4 is 21.1 Å². The molecule has 4 N–H and O–H groups in total. The number of nitrogen functional groups attached to an aromatic ring is 1. The largest absolute Gasteiger partial charge is 0.482 e. The summed E-state index contributed by atoms with van der Waals surface area (Å²) in [7, 11) is 0. The molecule has 2 aromatic rings. The van der Waals surface area contributed by atoms with Crippen molar-refractivity contribution in [2.24, 2.45) is 0 Å². The Balaban J connectivity index is 1.79. The number of thiophene rings is 1. The van der Waals surface area contributed by atoms with Gasteiger partial charge in [-0.25, -0.2) is 0 Å². The molecule has 6 heteroatoms. The van der Waals surface area contributed by atoms with E-state index in [0.717, 1.165) is 18.7 Å². The number of hydrogen-bond acceptors (Lipinski definition) is 5. The number of fused-ring (bicyclic) bond motifs is 1. The Morgan fingerprint density at radius 3 is 3.14 bits per heavy atom. The maximum Gasteiger partial charge on any atom is 0.262 e. The second-order valence-electron chi connectivity index (χ2n) is 4.85. The van der Waals surface area contributed by atoms with E-state index in [0.29, 0.717) is 17.1 Å². The number of nitrogens with one attached hydrogen (secondary N) is 2. The summed E-state index contributed by atoms with van der Waals surface area (Å²) in [5.41, 5.74) is 9.45. The molecular formula is C15H17N3O2S. The maximum atomic E-state index is 11.4. The normalized spacial score (nSPS) is 13.3. The molecule has 21 heavy (non-hydrogen) atoms. The highest BCUT2D eigenvalue weighted by molar-refractivity contribution is 7.10. The molecule has 0 saturated carbocycles. The van der Waals surface area contributed by atoms with Crippen molar-refractivity contribution < 1.29 is 9.53 Å². The minimum absolute atomic E-state index is 0.0360. The molecule has 5 nitrogen and oxygen atoms in total. The van der Waals surface area contributed by atoms with E-state index >= 15 is 0 Å². The van der Waals surface area contributed by atoms with Gasteiger partial charge in [-0.1, -0.05) is 6.92 Å². The lowest BCUT2D eigenvalue weighted by Gasteiger charge is -2.20. The zero-order valence-electron chi connectivity index (χ0n) is 11.7. The van der Waals surface area contributed by atoms with Gasteiger partial charge in [-0.2, -0.15) is 0 Å². The number of amides is 1. The van der Waals surface area contributed by atoms with E-state index in [2.05, 4.69) is 29.0 Å². The Hall–Kier alpha value is -2.21. The van der Waals surface area contributed by atoms with Crippen molar-refractivity contribution in [3.05, 3.63) is 34.0 Å². The molecule has 0 atom stereocenters. The molecule has 2 heterocycles. The number of anilines is 3. The van der Waals surface area contributed by atoms with Crippen molar-refractivity contribution in [1.29, 1.82) is 0 Å². The van der Waals surface area contributed by atoms with Crippen LogP contribution in [0.25, 0.3) is 0 Å². The van der Waals surface area contributed by atoms with E-state index in [-0.39, 0.29) is 12.5 Å². The van der Waals surface area contributed by atoms with Gasteiger partial charge in [-0.3, -0.25) is 4.79 Å². The van der Waals surface area contributed by atoms with E-state index < -0.39 is 0 Å². The Bertz CT molecular complexity index is 682. The van der Waals surface area contributed by atoms with E-state index in [1.807, 2.05) is 6.07 Å². The number of rotatable bonds is 4. The monoisotopic (exact) mass is 303 g/mol. The van der Waals surface area contributed by atoms with Gasteiger partial charge >= 0.3 is 0 Å². The highest BCUT2D eigenvalue weighted by atomic mass is 32.1. The third-order valence-electron chi connectivity index (χ3n) is 3.44. The molecular weight excluding hydrogens is 286 g/mol. The number of carbonyl (C=O) groups is 1. The van der Waals surface area contributed by atoms with E-state index in [1.54, 1.807) is 17.4 Å². The van der Waals surface area contributed by atoms with Gasteiger partial charge < -0.3 is 21.1 Å². The van der Waals surface area contributed by atoms with Gasteiger partial charge in [-0.05, 0) is 29.5 Å². The second-order valence-corrected chi connectivity index (χ2v) is 5.85. The first-order chi connectivity index (χ1) is 10.2. The third kappa shape index (κ3) is 2.80. The van der Waals surface area contributed by atoms with Gasteiger partial charge in [0, 0.05) is 17.5 Å². The molecule has 110 valence electrons. The minimum atomic E-state index is -0.148. The lowest BCUT2D eigenvalue weighted by molar-refractivity contribution is -0.118. The zero-order valence-corrected chi connectivity index (χ0v) is 12.5. The number of carbonyl (C=O) groups excluding carboxylic acids is 1. The van der Waals surface area contributed by atoms with Crippen molar-refractivity contribution in [1.82, 2.24) is 0 Å². The van der Waals surface area contributed by atoms with Crippen molar-refractivity contribution in [3.8, 4) is 5.75 Å². The van der Waals surface area contributed by atoms with Crippen LogP contribution in [0, 0.1) is 0 Å². The molecule has 1 aliphatic heterocycles. The van der Waals surface area contributed by atoms with Crippen LogP contribution in [0.5, 0.6) is 5.75 Å². The molecule has 1 aliphatic rings. The maximum absolute atomic E-state index is 11.4. The lowest BCUT2D eigenvalue weighted by atomic mass is 10.2. The zero-order chi connectivity index (χ0) is 14.8. The first kappa shape index (κ1) is 13.8. The Morgan fingerprint density at radius 1 is 1.48 bits per heavy atom. The van der Waals surface area contributed by atoms with Crippen molar-refractivity contribution >= 4 is 34.3 Å². The predicted molar refractivity (Wildman–Crippen MR) is 86.0 cm³/mol. The second kappa shape index (κ2) is 5.65. The highest BCUT2D eigenvalue weighted by Crippen LogP contribution is 2.35. The summed E-state index contributed by atoms with van der Waals surface area (Å²) >= 11 is 1.73. The fraction of sp³-hybridized carbons (Fsp3) is 0.267. The van der Waals surface area contributed by atoms with Gasteiger partial charge in [0.2, 0.25) is 0 Å². The summed E-state index contributed by atoms with van der Waals surface area (Å²) in [6.45, 7) is 2.90. The Labute approximate surface area is 127 Å². The molecule has 0 fully saturated rings. The first-order valence-electron chi connectivity index (χ1n) is 6.82. The van der Waals surface area contributed by atoms with Crippen LogP contribution in [0.2, 0.25) is 0 Å². The number of benzene rings is 1. The van der Waals surface area contributed by atoms with Gasteiger partial charge in [0.05, 0.1) is 17.1 Å². The fourth-order valence-corrected chi connectivity index (χ4v) is 3.22. The molecule has 0 spiro atoms. The molecule has 0 saturated heterocycles. The smallest absolute Gasteiger partial charge is 0.262 e. The Kier molecular flexibility index (Phi) is 3.70. The highest BCUT2D eigenvalue weighted by Gasteiger charge is 2.18. The van der Waals surface area contributed by atoms with Crippen LogP contribution in [0.15, 0.2) is 23.6 Å². The number of aryl methyl sites for hydroxylation is 1. The molecule has 0 bridgehead atoms. The predicted octanol–water partition coefficient (Wildman–Crippen LogP) is 2.84. The molecule has 1 aromatic heterocycles. The van der Waals surface area contributed by atoms with Gasteiger partial charge in [-0.15, -0.1) is 11.3 Å². The minimum Gasteiger partial charge on any atom is -0.482 e. The van der Waals surface area contributed by atoms with Crippen LogP contribution in [0.3, 0.4) is 0 Å². The summed E-state index contributed by atoms with van der Waals surface area (Å²) < 4.78 is 5.34. The van der Waals surface area contributed by atoms with E-state index in [1.165, 1.54) is 10.4 Å². The Morgan fingerprint density at radius 2 is 2.33 bits per heavy atom. The van der Waals surface area contributed by atoms with Gasteiger partial charge in [0.25, 0.3) is 5.91 Å². The van der Waals surface area contributed by atoms with E-state index in [4.69, 9.17) is 10.5 Å². The van der Waals surface area contributed by atoms with Crippen LogP contribution in [-0.4, -0.2) is 12.5 Å². The van der Waals surface area contributed by atoms with Crippen molar-refractivity contribution in [3.63, 3.8) is 0 Å². The SMILES string of the molecule is CCc1ccsc1CNc1cc2c(cc1N)OCC(=O)N2. The van der Waals surface area contributed by atoms with Gasteiger partial charge in [0.15, 0.2) is 6.61 Å². The molecule has 0 aliphatic carbocycles. The lowest BCUT2D eigenvalue weighted by Crippen LogP contribution is -2.25. The topological polar surface area (TPSA) is 76.4 Å². The summed E-state index contributed by atoms with van der Waals surface area (Å²) in [5, 5.41) is 8.22. The summed E-state index contributed by atoms with van der Waals surface area (Å²) in [5.74, 6) is 0.466. The summed E-state index contributed by atoms with van der Waals surface area (Å²) in [4.78, 5) is 12.7. The molecule has 1 aromatic carbocycles. The van der Waals surface area contributed by atoms with Crippen LogP contribution in [0.1, 0.15) is 17.4 Å². The average Bonchev–Trinajstić information content (AvgIpc) is 2.93. The van der Waals surface area contributed by atoms with Gasteiger partial charge in [0.1, 0.15) is 5.75 Å². The van der Waals surface area contributed by atoms with E-state index in [9.17, 15) is 4.79 Å². The summed E-state index contributed by atoms with van der Waals surface area (Å²) in [6, 6.07) is 5.71. The number of nitrogens with two attached hydrogens (primary N) is 1. The third-order valence-corrected chi connectivity index (χ3v) is 4.41. The molecule has 1 amide bonds. The fourth-order valence-electron chi connectivity index (χ4n) is 2.31. The molecule has 3 rings (SSSR count). The van der Waals surface area contributed by atoms with Crippen molar-refractivity contribution in [2.75, 3.05) is 23.0 Å². The summed E-state index contributed by atoms with van der Waals surface area (Å²) in [6.07, 6.45) is 1.02. The van der Waals surface area contributed by atoms with Crippen LogP contribution in [0.4, 0.5) is 17.1 Å². The molecule has 0 radical (unpaired) electrons. The van der Waals surface area contributed by atoms with Crippen molar-refractivity contribution in [2.45, 2.75) is 19.9 Å². The average molecular weight is 303 g/mol. The number of ether oxygens (including phenoxy) is 1. The van der Waals surface area contributed by atoms with Crippen LogP contribution in [-0.2, 0) is 17.8 Å². The number of hydrogen-bond donors (Lipinski definition) is 3. The first-order valence-corrected chi connectivity index (χ1v) is 7.70. The standard InChI is InChI=1S/C15H17N3O2S/c1-2-9-3-4-21-14(9)7-17-11-6-12-13(5-10(11)16)20-8-15(19)18-12/h3-6,17H,2,7-8,16H2,1H3,(H,18,19). The molecule has 0 unspecified atom stereocenters. The van der Waals surface area contributed by atoms with Crippen LogP contribution >= 0.6 is 11.3 Å². The quantitative estimate of drug-likeness (QED) is 0.759.